The van der Waals surface area contributed by atoms with E-state index in [4.69, 9.17) is 16.3 Å². The second-order valence-corrected chi connectivity index (χ2v) is 8.52. The number of nitrogens with zero attached hydrogens (tertiary/aromatic N) is 2. The maximum Gasteiger partial charge on any atom is 0.0500 e. The average Bonchev–Trinajstić information content (AvgIpc) is 3.09. The summed E-state index contributed by atoms with van der Waals surface area (Å²) in [4.78, 5) is 5.16. The minimum absolute atomic E-state index is 0.817. The number of fused-ring (bicyclic) bond motifs is 1. The first kappa shape index (κ1) is 17.8. The van der Waals surface area contributed by atoms with Crippen LogP contribution in [0.3, 0.4) is 0 Å². The van der Waals surface area contributed by atoms with Crippen molar-refractivity contribution in [2.45, 2.75) is 32.2 Å². The summed E-state index contributed by atoms with van der Waals surface area (Å²) in [7, 11) is 0. The SMILES string of the molecule is Clc1ccccc1CN1C[C@@H]2[C@H](COCCCN3CCCCC3)[C@@H]2C1. The maximum absolute atomic E-state index is 6.28. The van der Waals surface area contributed by atoms with Crippen LogP contribution in [0.2, 0.25) is 5.02 Å². The highest BCUT2D eigenvalue weighted by Crippen LogP contribution is 2.52. The molecule has 3 aliphatic rings. The molecule has 0 unspecified atom stereocenters. The van der Waals surface area contributed by atoms with Crippen LogP contribution in [0.1, 0.15) is 31.2 Å². The van der Waals surface area contributed by atoms with Crippen LogP contribution in [0.5, 0.6) is 0 Å². The Morgan fingerprint density at radius 1 is 1.00 bits per heavy atom. The highest BCUT2D eigenvalue weighted by atomic mass is 35.5. The van der Waals surface area contributed by atoms with Crippen LogP contribution in [0, 0.1) is 17.8 Å². The van der Waals surface area contributed by atoms with Gasteiger partial charge in [0.15, 0.2) is 0 Å². The van der Waals surface area contributed by atoms with Crippen LogP contribution in [0.15, 0.2) is 24.3 Å². The first-order valence-electron chi connectivity index (χ1n) is 10.1. The molecule has 0 N–H and O–H groups in total. The fourth-order valence-corrected chi connectivity index (χ4v) is 4.97. The van der Waals surface area contributed by atoms with Gasteiger partial charge in [-0.15, -0.1) is 0 Å². The third-order valence-electron chi connectivity index (χ3n) is 6.32. The molecule has 1 aromatic carbocycles. The topological polar surface area (TPSA) is 15.7 Å². The van der Waals surface area contributed by atoms with Crippen molar-refractivity contribution in [3.05, 3.63) is 34.9 Å². The fourth-order valence-electron chi connectivity index (χ4n) is 4.77. The molecule has 25 heavy (non-hydrogen) atoms. The standard InChI is InChI=1S/C21H31ClN2O/c22-21-8-3-2-7-17(21)13-24-14-18-19(15-24)20(18)16-25-12-6-11-23-9-4-1-5-10-23/h2-3,7-8,18-20H,1,4-6,9-16H2/t18-,19+,20-. The summed E-state index contributed by atoms with van der Waals surface area (Å²) in [6.07, 6.45) is 5.39. The Balaban J connectivity index is 1.08. The first-order chi connectivity index (χ1) is 12.3. The van der Waals surface area contributed by atoms with Gasteiger partial charge in [-0.25, -0.2) is 0 Å². The molecule has 3 fully saturated rings. The molecule has 0 bridgehead atoms. The number of piperidine rings is 2. The third-order valence-corrected chi connectivity index (χ3v) is 6.69. The summed E-state index contributed by atoms with van der Waals surface area (Å²) in [5.41, 5.74) is 1.26. The number of rotatable bonds is 8. The van der Waals surface area contributed by atoms with Gasteiger partial charge in [-0.3, -0.25) is 4.90 Å². The monoisotopic (exact) mass is 362 g/mol. The van der Waals surface area contributed by atoms with Gasteiger partial charge < -0.3 is 9.64 Å². The maximum atomic E-state index is 6.28. The second kappa shape index (κ2) is 8.39. The number of likely N-dealkylation sites (tertiary alicyclic amines) is 2. The molecule has 0 spiro atoms. The lowest BCUT2D eigenvalue weighted by molar-refractivity contribution is 0.0967. The summed E-state index contributed by atoms with van der Waals surface area (Å²) in [5.74, 6) is 2.55. The van der Waals surface area contributed by atoms with Gasteiger partial charge in [-0.05, 0) is 61.7 Å². The van der Waals surface area contributed by atoms with Crippen molar-refractivity contribution in [2.24, 2.45) is 17.8 Å². The molecule has 2 aliphatic heterocycles. The van der Waals surface area contributed by atoms with E-state index in [9.17, 15) is 0 Å². The Bertz CT molecular complexity index is 549. The van der Waals surface area contributed by atoms with Gasteiger partial charge in [0.25, 0.3) is 0 Å². The zero-order valence-corrected chi connectivity index (χ0v) is 16.0. The van der Waals surface area contributed by atoms with E-state index in [2.05, 4.69) is 21.9 Å². The van der Waals surface area contributed by atoms with Gasteiger partial charge in [0.1, 0.15) is 0 Å². The smallest absolute Gasteiger partial charge is 0.0500 e. The van der Waals surface area contributed by atoms with E-state index in [1.807, 2.05) is 12.1 Å². The molecule has 2 heterocycles. The minimum atomic E-state index is 0.817. The molecular formula is C21H31ClN2O. The quantitative estimate of drug-likeness (QED) is 0.652. The minimum Gasteiger partial charge on any atom is -0.381 e. The van der Waals surface area contributed by atoms with Crippen LogP contribution in [-0.4, -0.2) is 55.7 Å². The highest BCUT2D eigenvalue weighted by Gasteiger charge is 2.55. The van der Waals surface area contributed by atoms with E-state index in [0.717, 1.165) is 42.5 Å². The average molecular weight is 363 g/mol. The van der Waals surface area contributed by atoms with Gasteiger partial charge in [0.05, 0.1) is 6.61 Å². The Labute approximate surface area is 157 Å². The molecule has 0 aromatic heterocycles. The molecule has 0 radical (unpaired) electrons. The predicted molar refractivity (Wildman–Crippen MR) is 103 cm³/mol. The lowest BCUT2D eigenvalue weighted by Gasteiger charge is -2.26. The number of halogens is 1. The number of benzene rings is 1. The van der Waals surface area contributed by atoms with Gasteiger partial charge in [0.2, 0.25) is 0 Å². The molecule has 1 aliphatic carbocycles. The lowest BCUT2D eigenvalue weighted by atomic mass is 10.1. The van der Waals surface area contributed by atoms with E-state index in [0.29, 0.717) is 0 Å². The van der Waals surface area contributed by atoms with Crippen molar-refractivity contribution in [1.29, 1.82) is 0 Å². The van der Waals surface area contributed by atoms with Gasteiger partial charge in [-0.1, -0.05) is 36.2 Å². The van der Waals surface area contributed by atoms with E-state index < -0.39 is 0 Å². The molecule has 3 nitrogen and oxygen atoms in total. The molecule has 1 aromatic rings. The third kappa shape index (κ3) is 4.57. The number of hydrogen-bond donors (Lipinski definition) is 0. The molecule has 4 heteroatoms. The Hall–Kier alpha value is -0.610. The van der Waals surface area contributed by atoms with E-state index in [1.165, 1.54) is 64.0 Å². The number of hydrogen-bond acceptors (Lipinski definition) is 3. The summed E-state index contributed by atoms with van der Waals surface area (Å²) < 4.78 is 5.99. The molecule has 2 saturated heterocycles. The zero-order chi connectivity index (χ0) is 17.1. The lowest BCUT2D eigenvalue weighted by Crippen LogP contribution is -2.31. The highest BCUT2D eigenvalue weighted by molar-refractivity contribution is 6.31. The predicted octanol–water partition coefficient (Wildman–Crippen LogP) is 3.91. The van der Waals surface area contributed by atoms with Crippen LogP contribution in [0.25, 0.3) is 0 Å². The van der Waals surface area contributed by atoms with E-state index >= 15 is 0 Å². The van der Waals surface area contributed by atoms with Crippen LogP contribution < -0.4 is 0 Å². The Morgan fingerprint density at radius 3 is 2.52 bits per heavy atom. The van der Waals surface area contributed by atoms with Gasteiger partial charge >= 0.3 is 0 Å². The first-order valence-corrected chi connectivity index (χ1v) is 10.4. The van der Waals surface area contributed by atoms with Crippen molar-refractivity contribution < 1.29 is 4.74 Å². The van der Waals surface area contributed by atoms with Crippen molar-refractivity contribution in [1.82, 2.24) is 9.80 Å². The molecule has 4 rings (SSSR count). The van der Waals surface area contributed by atoms with Crippen molar-refractivity contribution in [3.8, 4) is 0 Å². The van der Waals surface area contributed by atoms with Crippen LogP contribution in [0.4, 0.5) is 0 Å². The summed E-state index contributed by atoms with van der Waals surface area (Å²) in [6, 6.07) is 8.23. The summed E-state index contributed by atoms with van der Waals surface area (Å²) in [5, 5.41) is 0.900. The fraction of sp³-hybridized carbons (Fsp3) is 0.714. The molecule has 1 saturated carbocycles. The van der Waals surface area contributed by atoms with Crippen LogP contribution in [-0.2, 0) is 11.3 Å². The van der Waals surface area contributed by atoms with Gasteiger partial charge in [-0.2, -0.15) is 0 Å². The second-order valence-electron chi connectivity index (χ2n) is 8.11. The molecular weight excluding hydrogens is 332 g/mol. The van der Waals surface area contributed by atoms with E-state index in [1.54, 1.807) is 0 Å². The zero-order valence-electron chi connectivity index (χ0n) is 15.2. The molecule has 3 atom stereocenters. The van der Waals surface area contributed by atoms with Gasteiger partial charge in [0, 0.05) is 37.8 Å². The van der Waals surface area contributed by atoms with Crippen molar-refractivity contribution in [3.63, 3.8) is 0 Å². The number of ether oxygens (including phenoxy) is 1. The summed E-state index contributed by atoms with van der Waals surface area (Å²) in [6.45, 7) is 9.18. The summed E-state index contributed by atoms with van der Waals surface area (Å²) >= 11 is 6.28. The molecule has 0 amide bonds. The van der Waals surface area contributed by atoms with Crippen molar-refractivity contribution >= 4 is 11.6 Å². The normalized spacial score (nSPS) is 29.7. The van der Waals surface area contributed by atoms with Crippen LogP contribution >= 0.6 is 11.6 Å². The Morgan fingerprint density at radius 2 is 1.76 bits per heavy atom. The van der Waals surface area contributed by atoms with Crippen molar-refractivity contribution in [2.75, 3.05) is 45.9 Å². The Kier molecular flexibility index (Phi) is 5.97. The van der Waals surface area contributed by atoms with E-state index in [-0.39, 0.29) is 0 Å². The molecule has 138 valence electrons. The largest absolute Gasteiger partial charge is 0.381 e.